The standard InChI is InChI=1S/C21H23N3O7/c1-21(2,3)13-6-8-15-16(9-13)31-17(11-30-15)20(26)23-22-10-12-5-7-14(25)19(29-4)18(12)24(27)28/h5-10,17,25H,11H2,1-4H3,(H,23,26)/b22-10-. The molecule has 0 aliphatic carbocycles. The Morgan fingerprint density at radius 3 is 2.71 bits per heavy atom. The predicted molar refractivity (Wildman–Crippen MR) is 112 cm³/mol. The predicted octanol–water partition coefficient (Wildman–Crippen LogP) is 2.90. The van der Waals surface area contributed by atoms with E-state index in [1.807, 2.05) is 12.1 Å². The van der Waals surface area contributed by atoms with Gasteiger partial charge in [-0.25, -0.2) is 5.43 Å². The van der Waals surface area contributed by atoms with Crippen molar-refractivity contribution >= 4 is 17.8 Å². The van der Waals surface area contributed by atoms with Gasteiger partial charge in [-0.3, -0.25) is 14.9 Å². The minimum absolute atomic E-state index is 0.00357. The number of nitrogens with zero attached hydrogens (tertiary/aromatic N) is 2. The Morgan fingerprint density at radius 1 is 1.32 bits per heavy atom. The third-order valence-electron chi connectivity index (χ3n) is 4.67. The summed E-state index contributed by atoms with van der Waals surface area (Å²) in [5, 5.41) is 24.8. The quantitative estimate of drug-likeness (QED) is 0.424. The average molecular weight is 429 g/mol. The first-order valence-electron chi connectivity index (χ1n) is 9.43. The first-order valence-corrected chi connectivity index (χ1v) is 9.43. The second-order valence-corrected chi connectivity index (χ2v) is 7.88. The topological polar surface area (TPSA) is 133 Å². The molecule has 1 atom stereocenters. The van der Waals surface area contributed by atoms with Crippen LogP contribution >= 0.6 is 0 Å². The fraction of sp³-hybridized carbons (Fsp3) is 0.333. The summed E-state index contributed by atoms with van der Waals surface area (Å²) in [5.74, 6) is -0.238. The molecule has 0 spiro atoms. The zero-order chi connectivity index (χ0) is 22.8. The lowest BCUT2D eigenvalue weighted by molar-refractivity contribution is -0.386. The van der Waals surface area contributed by atoms with Gasteiger partial charge in [0.2, 0.25) is 11.9 Å². The second kappa shape index (κ2) is 8.50. The lowest BCUT2D eigenvalue weighted by Gasteiger charge is -2.27. The van der Waals surface area contributed by atoms with Crippen LogP contribution in [0.1, 0.15) is 31.9 Å². The first-order chi connectivity index (χ1) is 14.6. The Bertz CT molecular complexity index is 1040. The van der Waals surface area contributed by atoms with Crippen LogP contribution in [0.25, 0.3) is 0 Å². The summed E-state index contributed by atoms with van der Waals surface area (Å²) >= 11 is 0. The highest BCUT2D eigenvalue weighted by Gasteiger charge is 2.29. The van der Waals surface area contributed by atoms with Crippen LogP contribution in [0.15, 0.2) is 35.4 Å². The van der Waals surface area contributed by atoms with Crippen molar-refractivity contribution in [2.24, 2.45) is 5.10 Å². The number of hydrazone groups is 1. The molecule has 31 heavy (non-hydrogen) atoms. The summed E-state index contributed by atoms with van der Waals surface area (Å²) in [6.45, 7) is 6.19. The van der Waals surface area contributed by atoms with Crippen LogP contribution in [0.3, 0.4) is 0 Å². The van der Waals surface area contributed by atoms with Gasteiger partial charge in [-0.2, -0.15) is 5.10 Å². The molecule has 0 aromatic heterocycles. The molecular weight excluding hydrogens is 406 g/mol. The molecule has 0 saturated carbocycles. The van der Waals surface area contributed by atoms with Gasteiger partial charge in [0, 0.05) is 0 Å². The van der Waals surface area contributed by atoms with Crippen LogP contribution in [0.2, 0.25) is 0 Å². The molecule has 2 N–H and O–H groups in total. The van der Waals surface area contributed by atoms with Crippen molar-refractivity contribution in [3.8, 4) is 23.0 Å². The molecule has 1 aliphatic rings. The molecule has 0 fully saturated rings. The Morgan fingerprint density at radius 2 is 2.06 bits per heavy atom. The minimum atomic E-state index is -0.941. The molecule has 2 aromatic rings. The zero-order valence-corrected chi connectivity index (χ0v) is 17.5. The number of phenolic OH excluding ortho intramolecular Hbond substituents is 1. The number of hydrogen-bond donors (Lipinski definition) is 2. The minimum Gasteiger partial charge on any atom is -0.504 e. The van der Waals surface area contributed by atoms with Crippen LogP contribution in [0.4, 0.5) is 5.69 Å². The van der Waals surface area contributed by atoms with E-state index in [4.69, 9.17) is 14.2 Å². The van der Waals surface area contributed by atoms with Crippen molar-refractivity contribution in [1.82, 2.24) is 5.43 Å². The summed E-state index contributed by atoms with van der Waals surface area (Å²) in [6, 6.07) is 8.11. The fourth-order valence-electron chi connectivity index (χ4n) is 2.97. The molecule has 1 amide bonds. The van der Waals surface area contributed by atoms with Gasteiger partial charge in [0.05, 0.1) is 23.8 Å². The number of nitrogens with one attached hydrogen (secondary N) is 1. The van der Waals surface area contributed by atoms with Gasteiger partial charge in [0.25, 0.3) is 5.91 Å². The maximum absolute atomic E-state index is 12.4. The number of rotatable bonds is 5. The number of nitro groups is 1. The maximum atomic E-state index is 12.4. The van der Waals surface area contributed by atoms with Crippen molar-refractivity contribution < 1.29 is 29.0 Å². The van der Waals surface area contributed by atoms with Crippen LogP contribution in [-0.4, -0.2) is 42.0 Å². The highest BCUT2D eigenvalue weighted by atomic mass is 16.6. The maximum Gasteiger partial charge on any atom is 0.323 e. The molecule has 1 unspecified atom stereocenters. The molecule has 0 radical (unpaired) electrons. The molecule has 1 aliphatic heterocycles. The van der Waals surface area contributed by atoms with E-state index in [2.05, 4.69) is 31.3 Å². The molecule has 164 valence electrons. The van der Waals surface area contributed by atoms with Gasteiger partial charge < -0.3 is 19.3 Å². The summed E-state index contributed by atoms with van der Waals surface area (Å²) in [7, 11) is 1.20. The number of benzene rings is 2. The molecule has 3 rings (SSSR count). The Hall–Kier alpha value is -3.82. The van der Waals surface area contributed by atoms with Crippen LogP contribution in [0.5, 0.6) is 23.0 Å². The van der Waals surface area contributed by atoms with Crippen LogP contribution in [0, 0.1) is 10.1 Å². The van der Waals surface area contributed by atoms with E-state index >= 15 is 0 Å². The summed E-state index contributed by atoms with van der Waals surface area (Å²) in [6.07, 6.45) is 0.150. The highest BCUT2D eigenvalue weighted by Crippen LogP contribution is 2.38. The monoisotopic (exact) mass is 429 g/mol. The molecular formula is C21H23N3O7. The number of methoxy groups -OCH3 is 1. The fourth-order valence-corrected chi connectivity index (χ4v) is 2.97. The lowest BCUT2D eigenvalue weighted by atomic mass is 9.87. The van der Waals surface area contributed by atoms with Crippen LogP contribution < -0.4 is 19.6 Å². The third kappa shape index (κ3) is 4.68. The summed E-state index contributed by atoms with van der Waals surface area (Å²) < 4.78 is 16.3. The number of carbonyl (C=O) groups is 1. The average Bonchev–Trinajstić information content (AvgIpc) is 2.72. The number of aromatic hydroxyl groups is 1. The normalized spacial score (nSPS) is 15.5. The van der Waals surface area contributed by atoms with Gasteiger partial charge in [-0.05, 0) is 35.2 Å². The molecule has 10 nitrogen and oxygen atoms in total. The lowest BCUT2D eigenvalue weighted by Crippen LogP contribution is -2.42. The number of hydrogen-bond acceptors (Lipinski definition) is 8. The van der Waals surface area contributed by atoms with Crippen molar-refractivity contribution in [2.75, 3.05) is 13.7 Å². The van der Waals surface area contributed by atoms with Crippen molar-refractivity contribution in [2.45, 2.75) is 32.3 Å². The molecule has 0 saturated heterocycles. The van der Waals surface area contributed by atoms with E-state index in [0.29, 0.717) is 11.5 Å². The van der Waals surface area contributed by atoms with Gasteiger partial charge in [-0.1, -0.05) is 26.8 Å². The zero-order valence-electron chi connectivity index (χ0n) is 17.5. The molecule has 10 heteroatoms. The van der Waals surface area contributed by atoms with Gasteiger partial charge >= 0.3 is 5.69 Å². The van der Waals surface area contributed by atoms with E-state index in [1.54, 1.807) is 6.07 Å². The smallest absolute Gasteiger partial charge is 0.323 e. The number of ether oxygens (including phenoxy) is 3. The van der Waals surface area contributed by atoms with E-state index in [1.165, 1.54) is 19.2 Å². The van der Waals surface area contributed by atoms with E-state index in [-0.39, 0.29) is 29.1 Å². The largest absolute Gasteiger partial charge is 0.504 e. The number of amides is 1. The Balaban J connectivity index is 1.73. The molecule has 2 aromatic carbocycles. The Kier molecular flexibility index (Phi) is 6.00. The van der Waals surface area contributed by atoms with Crippen molar-refractivity contribution in [3.63, 3.8) is 0 Å². The van der Waals surface area contributed by atoms with Crippen molar-refractivity contribution in [3.05, 3.63) is 51.6 Å². The Labute approximate surface area is 178 Å². The highest BCUT2D eigenvalue weighted by molar-refractivity contribution is 5.90. The van der Waals surface area contributed by atoms with E-state index in [0.717, 1.165) is 11.8 Å². The summed E-state index contributed by atoms with van der Waals surface area (Å²) in [4.78, 5) is 23.1. The second-order valence-electron chi connectivity index (χ2n) is 7.88. The van der Waals surface area contributed by atoms with Crippen LogP contribution in [-0.2, 0) is 10.2 Å². The summed E-state index contributed by atoms with van der Waals surface area (Å²) in [5.41, 5.74) is 2.80. The van der Waals surface area contributed by atoms with Crippen molar-refractivity contribution in [1.29, 1.82) is 0 Å². The third-order valence-corrected chi connectivity index (χ3v) is 4.67. The van der Waals surface area contributed by atoms with Gasteiger partial charge in [0.15, 0.2) is 17.2 Å². The number of phenols is 1. The van der Waals surface area contributed by atoms with E-state index < -0.39 is 22.6 Å². The number of fused-ring (bicyclic) bond motifs is 1. The molecule has 0 bridgehead atoms. The molecule has 1 heterocycles. The number of carbonyl (C=O) groups excluding carboxylic acids is 1. The van der Waals surface area contributed by atoms with E-state index in [9.17, 15) is 20.0 Å². The van der Waals surface area contributed by atoms with Gasteiger partial charge in [-0.15, -0.1) is 0 Å². The number of nitro benzene ring substituents is 1. The SMILES string of the molecule is COc1c(O)ccc(/C=N\NC(=O)C2COc3ccc(C(C)(C)C)cc3O2)c1[N+](=O)[O-]. The van der Waals surface area contributed by atoms with Gasteiger partial charge in [0.1, 0.15) is 6.61 Å². The first kappa shape index (κ1) is 21.9.